The SMILES string of the molecule is COc1cc(CN2CCN(CC(C)C)C(=O)C2C)oc(=O)c1. The summed E-state index contributed by atoms with van der Waals surface area (Å²) in [6, 6.07) is 2.78. The molecule has 1 fully saturated rings. The normalized spacial score (nSPS) is 19.8. The number of hydrogen-bond acceptors (Lipinski definition) is 5. The minimum absolute atomic E-state index is 0.130. The first-order chi connectivity index (χ1) is 10.4. The predicted octanol–water partition coefficient (Wildman–Crippen LogP) is 1.34. The van der Waals surface area contributed by atoms with Crippen molar-refractivity contribution in [2.75, 3.05) is 26.7 Å². The smallest absolute Gasteiger partial charge is 0.339 e. The third-order valence-corrected chi connectivity index (χ3v) is 3.85. The molecule has 122 valence electrons. The van der Waals surface area contributed by atoms with Crippen LogP contribution in [0.25, 0.3) is 0 Å². The first-order valence-electron chi connectivity index (χ1n) is 7.61. The molecular formula is C16H24N2O4. The van der Waals surface area contributed by atoms with E-state index in [1.54, 1.807) is 6.07 Å². The molecule has 6 heteroatoms. The lowest BCUT2D eigenvalue weighted by atomic mass is 10.1. The molecule has 1 atom stereocenters. The van der Waals surface area contributed by atoms with Gasteiger partial charge in [0.15, 0.2) is 0 Å². The van der Waals surface area contributed by atoms with E-state index in [0.29, 0.717) is 30.5 Å². The van der Waals surface area contributed by atoms with E-state index in [1.165, 1.54) is 13.2 Å². The van der Waals surface area contributed by atoms with E-state index in [9.17, 15) is 9.59 Å². The van der Waals surface area contributed by atoms with Crippen LogP contribution in [0.3, 0.4) is 0 Å². The molecule has 0 saturated carbocycles. The highest BCUT2D eigenvalue weighted by Crippen LogP contribution is 2.17. The van der Waals surface area contributed by atoms with Crippen LogP contribution in [0.15, 0.2) is 21.3 Å². The zero-order valence-corrected chi connectivity index (χ0v) is 13.7. The van der Waals surface area contributed by atoms with Crippen LogP contribution in [-0.2, 0) is 11.3 Å². The summed E-state index contributed by atoms with van der Waals surface area (Å²) in [4.78, 5) is 27.8. The van der Waals surface area contributed by atoms with Gasteiger partial charge < -0.3 is 14.1 Å². The third kappa shape index (κ3) is 3.88. The van der Waals surface area contributed by atoms with Gasteiger partial charge >= 0.3 is 5.63 Å². The number of hydrogen-bond donors (Lipinski definition) is 0. The Bertz CT molecular complexity index is 582. The molecule has 1 aliphatic rings. The number of carbonyl (C=O) groups is 1. The summed E-state index contributed by atoms with van der Waals surface area (Å²) in [5.41, 5.74) is -0.438. The summed E-state index contributed by atoms with van der Waals surface area (Å²) in [7, 11) is 1.51. The number of rotatable bonds is 5. The number of amides is 1. The molecule has 1 aromatic rings. The van der Waals surface area contributed by atoms with Gasteiger partial charge in [-0.05, 0) is 12.8 Å². The fourth-order valence-electron chi connectivity index (χ4n) is 2.71. The summed E-state index contributed by atoms with van der Waals surface area (Å²) in [5.74, 6) is 1.58. The second-order valence-electron chi connectivity index (χ2n) is 6.11. The molecule has 2 heterocycles. The fourth-order valence-corrected chi connectivity index (χ4v) is 2.71. The van der Waals surface area contributed by atoms with Crippen LogP contribution in [0.5, 0.6) is 5.75 Å². The number of piperazine rings is 1. The van der Waals surface area contributed by atoms with Crippen LogP contribution < -0.4 is 10.4 Å². The number of carbonyl (C=O) groups excluding carboxylic acids is 1. The molecule has 0 bridgehead atoms. The Labute approximate surface area is 130 Å². The topological polar surface area (TPSA) is 63.0 Å². The maximum atomic E-state index is 12.4. The van der Waals surface area contributed by atoms with Crippen LogP contribution >= 0.6 is 0 Å². The van der Waals surface area contributed by atoms with Crippen molar-refractivity contribution in [3.8, 4) is 5.75 Å². The molecule has 0 N–H and O–H groups in total. The lowest BCUT2D eigenvalue weighted by Gasteiger charge is -2.39. The van der Waals surface area contributed by atoms with E-state index >= 15 is 0 Å². The monoisotopic (exact) mass is 308 g/mol. The molecule has 1 saturated heterocycles. The summed E-state index contributed by atoms with van der Waals surface area (Å²) in [5, 5.41) is 0. The highest BCUT2D eigenvalue weighted by molar-refractivity contribution is 5.82. The molecule has 1 amide bonds. The van der Waals surface area contributed by atoms with Gasteiger partial charge in [-0.25, -0.2) is 4.79 Å². The van der Waals surface area contributed by atoms with Crippen molar-refractivity contribution in [2.45, 2.75) is 33.4 Å². The third-order valence-electron chi connectivity index (χ3n) is 3.85. The number of methoxy groups -OCH3 is 1. The molecule has 22 heavy (non-hydrogen) atoms. The Balaban J connectivity index is 2.07. The van der Waals surface area contributed by atoms with Gasteiger partial charge in [0.1, 0.15) is 11.5 Å². The minimum Gasteiger partial charge on any atom is -0.496 e. The standard InChI is InChI=1S/C16H24N2O4/c1-11(2)9-18-6-5-17(12(3)16(18)20)10-14-7-13(21-4)8-15(19)22-14/h7-8,11-12H,5-6,9-10H2,1-4H3. The summed E-state index contributed by atoms with van der Waals surface area (Å²) in [6.07, 6.45) is 0. The lowest BCUT2D eigenvalue weighted by molar-refractivity contribution is -0.142. The lowest BCUT2D eigenvalue weighted by Crippen LogP contribution is -2.56. The largest absolute Gasteiger partial charge is 0.496 e. The Morgan fingerprint density at radius 2 is 2.05 bits per heavy atom. The molecule has 2 rings (SSSR count). The average Bonchev–Trinajstić information content (AvgIpc) is 2.46. The van der Waals surface area contributed by atoms with Crippen molar-refractivity contribution in [1.29, 1.82) is 0 Å². The molecule has 6 nitrogen and oxygen atoms in total. The predicted molar refractivity (Wildman–Crippen MR) is 82.8 cm³/mol. The van der Waals surface area contributed by atoms with Crippen LogP contribution in [0.1, 0.15) is 26.5 Å². The van der Waals surface area contributed by atoms with E-state index < -0.39 is 5.63 Å². The van der Waals surface area contributed by atoms with Gasteiger partial charge in [0.25, 0.3) is 0 Å². The van der Waals surface area contributed by atoms with Gasteiger partial charge in [0.2, 0.25) is 5.91 Å². The fraction of sp³-hybridized carbons (Fsp3) is 0.625. The molecular weight excluding hydrogens is 284 g/mol. The Morgan fingerprint density at radius 1 is 1.32 bits per heavy atom. The van der Waals surface area contributed by atoms with Crippen molar-refractivity contribution in [3.05, 3.63) is 28.3 Å². The van der Waals surface area contributed by atoms with E-state index in [1.807, 2.05) is 16.7 Å². The highest BCUT2D eigenvalue weighted by atomic mass is 16.5. The average molecular weight is 308 g/mol. The molecule has 0 radical (unpaired) electrons. The Morgan fingerprint density at radius 3 is 2.68 bits per heavy atom. The van der Waals surface area contributed by atoms with Gasteiger partial charge in [0, 0.05) is 25.7 Å². The van der Waals surface area contributed by atoms with Gasteiger partial charge in [-0.3, -0.25) is 9.69 Å². The molecule has 1 aromatic heterocycles. The molecule has 0 aliphatic carbocycles. The Hall–Kier alpha value is -1.82. The van der Waals surface area contributed by atoms with Crippen LogP contribution in [0.4, 0.5) is 0 Å². The van der Waals surface area contributed by atoms with Gasteiger partial charge in [-0.2, -0.15) is 0 Å². The van der Waals surface area contributed by atoms with Crippen LogP contribution in [0, 0.1) is 5.92 Å². The van der Waals surface area contributed by atoms with Crippen molar-refractivity contribution in [1.82, 2.24) is 9.80 Å². The summed E-state index contributed by atoms with van der Waals surface area (Å²) in [6.45, 7) is 8.79. The van der Waals surface area contributed by atoms with E-state index in [-0.39, 0.29) is 11.9 Å². The van der Waals surface area contributed by atoms with Gasteiger partial charge in [-0.15, -0.1) is 0 Å². The minimum atomic E-state index is -0.438. The number of nitrogens with zero attached hydrogens (tertiary/aromatic N) is 2. The van der Waals surface area contributed by atoms with Crippen molar-refractivity contribution in [2.24, 2.45) is 5.92 Å². The van der Waals surface area contributed by atoms with E-state index in [2.05, 4.69) is 13.8 Å². The molecule has 0 aromatic carbocycles. The maximum absolute atomic E-state index is 12.4. The maximum Gasteiger partial charge on any atom is 0.339 e. The summed E-state index contributed by atoms with van der Waals surface area (Å²) >= 11 is 0. The second-order valence-corrected chi connectivity index (χ2v) is 6.11. The molecule has 1 unspecified atom stereocenters. The van der Waals surface area contributed by atoms with E-state index in [0.717, 1.165) is 13.1 Å². The van der Waals surface area contributed by atoms with Crippen LogP contribution in [0.2, 0.25) is 0 Å². The zero-order valence-electron chi connectivity index (χ0n) is 13.7. The zero-order chi connectivity index (χ0) is 16.3. The van der Waals surface area contributed by atoms with Gasteiger partial charge in [-0.1, -0.05) is 13.8 Å². The molecule has 0 spiro atoms. The summed E-state index contributed by atoms with van der Waals surface area (Å²) < 4.78 is 10.3. The van der Waals surface area contributed by atoms with Crippen LogP contribution in [-0.4, -0.2) is 48.5 Å². The second kappa shape index (κ2) is 6.96. The quantitative estimate of drug-likeness (QED) is 0.821. The van der Waals surface area contributed by atoms with Gasteiger partial charge in [0.05, 0.1) is 25.8 Å². The van der Waals surface area contributed by atoms with Crippen molar-refractivity contribution >= 4 is 5.91 Å². The van der Waals surface area contributed by atoms with Crippen molar-refractivity contribution < 1.29 is 13.9 Å². The van der Waals surface area contributed by atoms with E-state index in [4.69, 9.17) is 9.15 Å². The Kier molecular flexibility index (Phi) is 5.24. The first kappa shape index (κ1) is 16.5. The number of ether oxygens (including phenoxy) is 1. The first-order valence-corrected chi connectivity index (χ1v) is 7.61. The van der Waals surface area contributed by atoms with Crippen molar-refractivity contribution in [3.63, 3.8) is 0 Å². The molecule has 1 aliphatic heterocycles. The highest BCUT2D eigenvalue weighted by Gasteiger charge is 2.31.